The molecular formula is C19H18BrNO2. The number of nitrogens with zero attached hydrogens (tertiary/aromatic N) is 1. The number of aryl methyl sites for hydroxylation is 1. The van der Waals surface area contributed by atoms with Gasteiger partial charge in [-0.05, 0) is 42.7 Å². The van der Waals surface area contributed by atoms with Crippen molar-refractivity contribution < 1.29 is 9.53 Å². The third-order valence-electron chi connectivity index (χ3n) is 3.77. The molecule has 118 valence electrons. The van der Waals surface area contributed by atoms with Crippen LogP contribution in [0.15, 0.2) is 53.0 Å². The molecule has 2 aromatic rings. The summed E-state index contributed by atoms with van der Waals surface area (Å²) in [4.78, 5) is 12.3. The fraction of sp³-hybridized carbons (Fsp3) is 0.263. The lowest BCUT2D eigenvalue weighted by atomic mass is 9.79. The lowest BCUT2D eigenvalue weighted by Gasteiger charge is -2.23. The SMILES string of the molecule is CCOC(=O)[C@H](C#N)[C@@H](c1ccc(Br)cc1)c1ccccc1C. The van der Waals surface area contributed by atoms with E-state index in [2.05, 4.69) is 22.0 Å². The van der Waals surface area contributed by atoms with Crippen molar-refractivity contribution in [3.8, 4) is 6.07 Å². The quantitative estimate of drug-likeness (QED) is 0.722. The molecule has 3 nitrogen and oxygen atoms in total. The zero-order chi connectivity index (χ0) is 16.8. The molecule has 0 heterocycles. The van der Waals surface area contributed by atoms with Crippen molar-refractivity contribution >= 4 is 21.9 Å². The van der Waals surface area contributed by atoms with Gasteiger partial charge in [-0.15, -0.1) is 0 Å². The monoisotopic (exact) mass is 371 g/mol. The number of carbonyl (C=O) groups excluding carboxylic acids is 1. The van der Waals surface area contributed by atoms with Gasteiger partial charge in [0.25, 0.3) is 0 Å². The summed E-state index contributed by atoms with van der Waals surface area (Å²) in [5, 5.41) is 9.60. The summed E-state index contributed by atoms with van der Waals surface area (Å²) in [5.74, 6) is -1.71. The van der Waals surface area contributed by atoms with Crippen LogP contribution in [0.25, 0.3) is 0 Å². The Morgan fingerprint density at radius 1 is 1.22 bits per heavy atom. The zero-order valence-corrected chi connectivity index (χ0v) is 14.7. The van der Waals surface area contributed by atoms with Crippen LogP contribution in [0.1, 0.15) is 29.5 Å². The van der Waals surface area contributed by atoms with Crippen LogP contribution >= 0.6 is 15.9 Å². The van der Waals surface area contributed by atoms with E-state index >= 15 is 0 Å². The van der Waals surface area contributed by atoms with Crippen molar-refractivity contribution in [1.82, 2.24) is 0 Å². The molecular weight excluding hydrogens is 354 g/mol. The first-order valence-corrected chi connectivity index (χ1v) is 8.25. The number of hydrogen-bond acceptors (Lipinski definition) is 3. The Labute approximate surface area is 145 Å². The molecule has 0 spiro atoms. The predicted octanol–water partition coefficient (Wildman–Crippen LogP) is 4.59. The van der Waals surface area contributed by atoms with E-state index in [0.29, 0.717) is 0 Å². The number of hydrogen-bond donors (Lipinski definition) is 0. The fourth-order valence-electron chi connectivity index (χ4n) is 2.65. The maximum atomic E-state index is 12.3. The first kappa shape index (κ1) is 17.2. The Hall–Kier alpha value is -2.12. The van der Waals surface area contributed by atoms with Crippen molar-refractivity contribution in [2.75, 3.05) is 6.61 Å². The second-order valence-corrected chi connectivity index (χ2v) is 6.16. The molecule has 0 aliphatic heterocycles. The van der Waals surface area contributed by atoms with Crippen LogP contribution in [-0.2, 0) is 9.53 Å². The number of halogens is 1. The average Bonchev–Trinajstić information content (AvgIpc) is 2.55. The average molecular weight is 372 g/mol. The highest BCUT2D eigenvalue weighted by molar-refractivity contribution is 9.10. The zero-order valence-electron chi connectivity index (χ0n) is 13.1. The lowest BCUT2D eigenvalue weighted by Crippen LogP contribution is -2.24. The van der Waals surface area contributed by atoms with Crippen molar-refractivity contribution in [2.45, 2.75) is 19.8 Å². The highest BCUT2D eigenvalue weighted by Crippen LogP contribution is 2.35. The first-order valence-electron chi connectivity index (χ1n) is 7.45. The van der Waals surface area contributed by atoms with E-state index in [0.717, 1.165) is 21.2 Å². The molecule has 0 aliphatic rings. The van der Waals surface area contributed by atoms with Gasteiger partial charge in [0.2, 0.25) is 0 Å². The lowest BCUT2D eigenvalue weighted by molar-refractivity contribution is -0.146. The van der Waals surface area contributed by atoms with Crippen molar-refractivity contribution in [2.24, 2.45) is 5.92 Å². The number of esters is 1. The Kier molecular flexibility index (Phi) is 5.95. The molecule has 4 heteroatoms. The van der Waals surface area contributed by atoms with Crippen molar-refractivity contribution in [1.29, 1.82) is 5.26 Å². The van der Waals surface area contributed by atoms with E-state index in [1.54, 1.807) is 6.92 Å². The van der Waals surface area contributed by atoms with Gasteiger partial charge in [0.1, 0.15) is 0 Å². The third-order valence-corrected chi connectivity index (χ3v) is 4.29. The van der Waals surface area contributed by atoms with Crippen molar-refractivity contribution in [3.63, 3.8) is 0 Å². The van der Waals surface area contributed by atoms with Gasteiger partial charge in [-0.25, -0.2) is 0 Å². The van der Waals surface area contributed by atoms with Crippen LogP contribution in [-0.4, -0.2) is 12.6 Å². The summed E-state index contributed by atoms with van der Waals surface area (Å²) in [5.41, 5.74) is 2.93. The fourth-order valence-corrected chi connectivity index (χ4v) is 2.92. The molecule has 0 radical (unpaired) electrons. The number of rotatable bonds is 5. The van der Waals surface area contributed by atoms with Gasteiger partial charge < -0.3 is 4.74 Å². The largest absolute Gasteiger partial charge is 0.465 e. The highest BCUT2D eigenvalue weighted by atomic mass is 79.9. The molecule has 0 aromatic heterocycles. The Bertz CT molecular complexity index is 719. The summed E-state index contributed by atoms with van der Waals surface area (Å²) in [7, 11) is 0. The molecule has 0 N–H and O–H groups in total. The molecule has 0 saturated heterocycles. The summed E-state index contributed by atoms with van der Waals surface area (Å²) < 4.78 is 6.06. The molecule has 0 unspecified atom stereocenters. The van der Waals surface area contributed by atoms with E-state index in [9.17, 15) is 10.1 Å². The second kappa shape index (κ2) is 7.94. The third kappa shape index (κ3) is 4.00. The van der Waals surface area contributed by atoms with Gasteiger partial charge in [-0.2, -0.15) is 5.26 Å². The summed E-state index contributed by atoms with van der Waals surface area (Å²) >= 11 is 3.42. The normalized spacial score (nSPS) is 13.0. The molecule has 0 aliphatic carbocycles. The smallest absolute Gasteiger partial charge is 0.324 e. The topological polar surface area (TPSA) is 50.1 Å². The maximum Gasteiger partial charge on any atom is 0.324 e. The molecule has 2 rings (SSSR count). The molecule has 0 saturated carbocycles. The van der Waals surface area contributed by atoms with Crippen molar-refractivity contribution in [3.05, 3.63) is 69.7 Å². The molecule has 0 amide bonds. The van der Waals surface area contributed by atoms with E-state index in [4.69, 9.17) is 4.74 Å². The standard InChI is InChI=1S/C19H18BrNO2/c1-3-23-19(22)17(12-21)18(14-8-10-15(20)11-9-14)16-7-5-4-6-13(16)2/h4-11,17-18H,3H2,1-2H3/t17-,18+/m1/s1. The second-order valence-electron chi connectivity index (χ2n) is 5.24. The minimum absolute atomic E-state index is 0.262. The van der Waals surface area contributed by atoms with E-state index < -0.39 is 11.9 Å². The number of benzene rings is 2. The minimum Gasteiger partial charge on any atom is -0.465 e. The van der Waals surface area contributed by atoms with Crippen LogP contribution in [0.5, 0.6) is 0 Å². The van der Waals surface area contributed by atoms with Gasteiger partial charge in [-0.3, -0.25) is 4.79 Å². The van der Waals surface area contributed by atoms with Crippen LogP contribution in [0.4, 0.5) is 0 Å². The maximum absolute atomic E-state index is 12.3. The summed E-state index contributed by atoms with van der Waals surface area (Å²) in [6.45, 7) is 3.99. The number of ether oxygens (including phenoxy) is 1. The number of carbonyl (C=O) groups is 1. The van der Waals surface area contributed by atoms with Crippen LogP contribution in [0.2, 0.25) is 0 Å². The van der Waals surface area contributed by atoms with Gasteiger partial charge >= 0.3 is 5.97 Å². The van der Waals surface area contributed by atoms with E-state index in [1.807, 2.05) is 55.5 Å². The van der Waals surface area contributed by atoms with E-state index in [-0.39, 0.29) is 12.5 Å². The Morgan fingerprint density at radius 3 is 2.43 bits per heavy atom. The summed E-state index contributed by atoms with van der Waals surface area (Å²) in [6.07, 6.45) is 0. The first-order chi connectivity index (χ1) is 11.1. The molecule has 2 aromatic carbocycles. The summed E-state index contributed by atoms with van der Waals surface area (Å²) in [6, 6.07) is 17.7. The minimum atomic E-state index is -0.878. The van der Waals surface area contributed by atoms with Crippen LogP contribution in [0.3, 0.4) is 0 Å². The molecule has 23 heavy (non-hydrogen) atoms. The van der Waals surface area contributed by atoms with Gasteiger partial charge in [-0.1, -0.05) is 52.3 Å². The molecule has 0 fully saturated rings. The van der Waals surface area contributed by atoms with Gasteiger partial charge in [0, 0.05) is 10.4 Å². The van der Waals surface area contributed by atoms with Gasteiger partial charge in [0.15, 0.2) is 5.92 Å². The van der Waals surface area contributed by atoms with E-state index in [1.165, 1.54) is 0 Å². The molecule has 2 atom stereocenters. The highest BCUT2D eigenvalue weighted by Gasteiger charge is 2.33. The number of nitriles is 1. The molecule has 0 bridgehead atoms. The van der Waals surface area contributed by atoms with Crippen LogP contribution < -0.4 is 0 Å². The predicted molar refractivity (Wildman–Crippen MR) is 92.9 cm³/mol. The Balaban J connectivity index is 2.55. The Morgan fingerprint density at radius 2 is 1.87 bits per heavy atom. The van der Waals surface area contributed by atoms with Gasteiger partial charge in [0.05, 0.1) is 12.7 Å². The van der Waals surface area contributed by atoms with Crippen LogP contribution in [0, 0.1) is 24.2 Å².